The SMILES string of the molecule is Cc1ccc(N2CCC(n3cc[nH]c3=O)CC2)c(F)c1. The van der Waals surface area contributed by atoms with Crippen molar-refractivity contribution in [3.05, 3.63) is 52.5 Å². The van der Waals surface area contributed by atoms with Crippen molar-refractivity contribution in [1.82, 2.24) is 9.55 Å². The summed E-state index contributed by atoms with van der Waals surface area (Å²) in [6.07, 6.45) is 5.15. The molecule has 5 heteroatoms. The fraction of sp³-hybridized carbons (Fsp3) is 0.400. The molecule has 20 heavy (non-hydrogen) atoms. The number of nitrogens with one attached hydrogen (secondary N) is 1. The van der Waals surface area contributed by atoms with E-state index < -0.39 is 0 Å². The van der Waals surface area contributed by atoms with Gasteiger partial charge in [-0.25, -0.2) is 9.18 Å². The van der Waals surface area contributed by atoms with Crippen LogP contribution >= 0.6 is 0 Å². The average Bonchev–Trinajstić information content (AvgIpc) is 2.85. The van der Waals surface area contributed by atoms with Gasteiger partial charge >= 0.3 is 5.69 Å². The van der Waals surface area contributed by atoms with Crippen molar-refractivity contribution < 1.29 is 4.39 Å². The molecular formula is C15H18FN3O. The molecule has 106 valence electrons. The van der Waals surface area contributed by atoms with Crippen LogP contribution in [0.2, 0.25) is 0 Å². The monoisotopic (exact) mass is 275 g/mol. The molecule has 0 atom stereocenters. The Morgan fingerprint density at radius 3 is 2.65 bits per heavy atom. The van der Waals surface area contributed by atoms with Gasteiger partial charge in [-0.3, -0.25) is 4.57 Å². The van der Waals surface area contributed by atoms with Crippen molar-refractivity contribution in [2.75, 3.05) is 18.0 Å². The van der Waals surface area contributed by atoms with E-state index in [0.29, 0.717) is 5.69 Å². The van der Waals surface area contributed by atoms with Crippen LogP contribution in [0.4, 0.5) is 10.1 Å². The summed E-state index contributed by atoms with van der Waals surface area (Å²) < 4.78 is 15.7. The highest BCUT2D eigenvalue weighted by Gasteiger charge is 2.23. The van der Waals surface area contributed by atoms with Crippen molar-refractivity contribution in [1.29, 1.82) is 0 Å². The highest BCUT2D eigenvalue weighted by Crippen LogP contribution is 2.27. The maximum atomic E-state index is 14.0. The molecule has 2 aromatic rings. The molecule has 1 aromatic heterocycles. The fourth-order valence-electron chi connectivity index (χ4n) is 2.87. The van der Waals surface area contributed by atoms with E-state index in [1.807, 2.05) is 19.1 Å². The third-order valence-electron chi connectivity index (χ3n) is 3.98. The predicted molar refractivity (Wildman–Crippen MR) is 76.7 cm³/mol. The Morgan fingerprint density at radius 1 is 1.30 bits per heavy atom. The molecule has 1 fully saturated rings. The van der Waals surface area contributed by atoms with Crippen LogP contribution in [0.1, 0.15) is 24.4 Å². The molecule has 1 N–H and O–H groups in total. The zero-order valence-electron chi connectivity index (χ0n) is 11.5. The number of hydrogen-bond acceptors (Lipinski definition) is 2. The summed E-state index contributed by atoms with van der Waals surface area (Å²) >= 11 is 0. The van der Waals surface area contributed by atoms with E-state index in [-0.39, 0.29) is 17.5 Å². The van der Waals surface area contributed by atoms with Crippen LogP contribution in [0, 0.1) is 12.7 Å². The van der Waals surface area contributed by atoms with E-state index in [2.05, 4.69) is 9.88 Å². The third kappa shape index (κ3) is 2.35. The Hall–Kier alpha value is -2.04. The van der Waals surface area contributed by atoms with Crippen molar-refractivity contribution in [2.45, 2.75) is 25.8 Å². The molecule has 1 saturated heterocycles. The van der Waals surface area contributed by atoms with E-state index in [4.69, 9.17) is 0 Å². The molecule has 0 unspecified atom stereocenters. The van der Waals surface area contributed by atoms with Crippen LogP contribution in [0.15, 0.2) is 35.4 Å². The zero-order chi connectivity index (χ0) is 14.1. The van der Waals surface area contributed by atoms with Crippen molar-refractivity contribution >= 4 is 5.69 Å². The lowest BCUT2D eigenvalue weighted by Crippen LogP contribution is -2.37. The Morgan fingerprint density at radius 2 is 2.05 bits per heavy atom. The number of H-pyrrole nitrogens is 1. The average molecular weight is 275 g/mol. The topological polar surface area (TPSA) is 41.0 Å². The number of aryl methyl sites for hydroxylation is 1. The second-order valence-corrected chi connectivity index (χ2v) is 5.35. The molecule has 0 radical (unpaired) electrons. The molecule has 3 rings (SSSR count). The number of anilines is 1. The van der Waals surface area contributed by atoms with Gasteiger partial charge in [0.25, 0.3) is 0 Å². The minimum Gasteiger partial charge on any atom is -0.369 e. The lowest BCUT2D eigenvalue weighted by molar-refractivity contribution is 0.386. The number of hydrogen-bond donors (Lipinski definition) is 1. The molecule has 0 bridgehead atoms. The molecular weight excluding hydrogens is 257 g/mol. The summed E-state index contributed by atoms with van der Waals surface area (Å²) in [6, 6.07) is 5.55. The maximum Gasteiger partial charge on any atom is 0.325 e. The smallest absolute Gasteiger partial charge is 0.325 e. The molecule has 0 saturated carbocycles. The Bertz CT molecular complexity index is 653. The molecule has 0 spiro atoms. The number of nitrogens with zero attached hydrogens (tertiary/aromatic N) is 2. The highest BCUT2D eigenvalue weighted by molar-refractivity contribution is 5.49. The van der Waals surface area contributed by atoms with Gasteiger partial charge in [0.1, 0.15) is 5.82 Å². The highest BCUT2D eigenvalue weighted by atomic mass is 19.1. The van der Waals surface area contributed by atoms with Gasteiger partial charge in [0.2, 0.25) is 0 Å². The number of benzene rings is 1. The van der Waals surface area contributed by atoms with E-state index in [0.717, 1.165) is 31.5 Å². The summed E-state index contributed by atoms with van der Waals surface area (Å²) in [5.41, 5.74) is 1.53. The molecule has 1 aliphatic heterocycles. The van der Waals surface area contributed by atoms with Gasteiger partial charge in [0.15, 0.2) is 0 Å². The summed E-state index contributed by atoms with van der Waals surface area (Å²) in [5.74, 6) is -0.165. The number of rotatable bonds is 2. The van der Waals surface area contributed by atoms with E-state index in [1.165, 1.54) is 0 Å². The van der Waals surface area contributed by atoms with E-state index in [1.54, 1.807) is 23.0 Å². The fourth-order valence-corrected chi connectivity index (χ4v) is 2.87. The van der Waals surface area contributed by atoms with Gasteiger partial charge in [0, 0.05) is 31.5 Å². The first-order valence-corrected chi connectivity index (χ1v) is 6.92. The van der Waals surface area contributed by atoms with Gasteiger partial charge in [-0.05, 0) is 37.5 Å². The first-order chi connectivity index (χ1) is 9.65. The van der Waals surface area contributed by atoms with E-state index >= 15 is 0 Å². The minimum absolute atomic E-state index is 0.0648. The Kier molecular flexibility index (Phi) is 3.34. The summed E-state index contributed by atoms with van der Waals surface area (Å²) in [6.45, 7) is 3.42. The van der Waals surface area contributed by atoms with Crippen LogP contribution < -0.4 is 10.6 Å². The van der Waals surface area contributed by atoms with Crippen LogP contribution in [0.25, 0.3) is 0 Å². The number of imidazole rings is 1. The maximum absolute atomic E-state index is 14.0. The first-order valence-electron chi connectivity index (χ1n) is 6.92. The Labute approximate surface area is 116 Å². The summed E-state index contributed by atoms with van der Waals surface area (Å²) in [5, 5.41) is 0. The number of piperidine rings is 1. The quantitative estimate of drug-likeness (QED) is 0.914. The first kappa shape index (κ1) is 13.0. The molecule has 0 aliphatic carbocycles. The molecule has 1 aromatic carbocycles. The minimum atomic E-state index is -0.165. The van der Waals surface area contributed by atoms with Crippen molar-refractivity contribution in [3.63, 3.8) is 0 Å². The zero-order valence-corrected chi connectivity index (χ0v) is 11.5. The summed E-state index contributed by atoms with van der Waals surface area (Å²) in [4.78, 5) is 16.3. The largest absolute Gasteiger partial charge is 0.369 e. The number of aromatic nitrogens is 2. The van der Waals surface area contributed by atoms with Crippen LogP contribution in [0.3, 0.4) is 0 Å². The molecule has 1 aliphatic rings. The second-order valence-electron chi connectivity index (χ2n) is 5.35. The number of aromatic amines is 1. The standard InChI is InChI=1S/C15H18FN3O/c1-11-2-3-14(13(16)10-11)18-7-4-12(5-8-18)19-9-6-17-15(19)20/h2-3,6,9-10,12H,4-5,7-8H2,1H3,(H,17,20). The molecule has 4 nitrogen and oxygen atoms in total. The number of halogens is 1. The van der Waals surface area contributed by atoms with Crippen LogP contribution in [-0.4, -0.2) is 22.6 Å². The van der Waals surface area contributed by atoms with Crippen LogP contribution in [0.5, 0.6) is 0 Å². The Balaban J connectivity index is 1.72. The molecule has 2 heterocycles. The van der Waals surface area contributed by atoms with Crippen molar-refractivity contribution in [3.8, 4) is 0 Å². The van der Waals surface area contributed by atoms with Gasteiger partial charge in [-0.15, -0.1) is 0 Å². The van der Waals surface area contributed by atoms with Gasteiger partial charge in [-0.1, -0.05) is 6.07 Å². The van der Waals surface area contributed by atoms with Gasteiger partial charge in [-0.2, -0.15) is 0 Å². The molecule has 0 amide bonds. The second kappa shape index (κ2) is 5.15. The van der Waals surface area contributed by atoms with Gasteiger partial charge < -0.3 is 9.88 Å². The van der Waals surface area contributed by atoms with E-state index in [9.17, 15) is 9.18 Å². The van der Waals surface area contributed by atoms with Gasteiger partial charge in [0.05, 0.1) is 5.69 Å². The summed E-state index contributed by atoms with van der Waals surface area (Å²) in [7, 11) is 0. The lowest BCUT2D eigenvalue weighted by Gasteiger charge is -2.34. The third-order valence-corrected chi connectivity index (χ3v) is 3.98. The lowest BCUT2D eigenvalue weighted by atomic mass is 10.0. The van der Waals surface area contributed by atoms with Crippen molar-refractivity contribution in [2.24, 2.45) is 0 Å². The van der Waals surface area contributed by atoms with Crippen LogP contribution in [-0.2, 0) is 0 Å². The predicted octanol–water partition coefficient (Wildman–Crippen LogP) is 2.47. The normalized spacial score (nSPS) is 16.6.